The number of pyridine rings is 1. The predicted molar refractivity (Wildman–Crippen MR) is 78.5 cm³/mol. The fraction of sp³-hybridized carbons (Fsp3) is 0.188. The van der Waals surface area contributed by atoms with E-state index in [0.29, 0.717) is 11.3 Å². The number of nitrogens with zero attached hydrogens (tertiary/aromatic N) is 1. The molecule has 0 aliphatic heterocycles. The Morgan fingerprint density at radius 2 is 1.68 bits per heavy atom. The molecule has 0 N–H and O–H groups in total. The highest BCUT2D eigenvalue weighted by Crippen LogP contribution is 2.39. The third-order valence-corrected chi connectivity index (χ3v) is 2.87. The molecule has 1 aromatic heterocycles. The number of aromatic nitrogens is 1. The van der Waals surface area contributed by atoms with E-state index in [1.165, 1.54) is 39.5 Å². The lowest BCUT2D eigenvalue weighted by atomic mass is 10.1. The predicted octanol–water partition coefficient (Wildman–Crippen LogP) is 2.26. The number of rotatable bonds is 5. The molecule has 0 saturated heterocycles. The Morgan fingerprint density at radius 1 is 1.05 bits per heavy atom. The molecule has 114 valence electrons. The number of hydrogen-bond acceptors (Lipinski definition) is 6. The molecule has 0 amide bonds. The van der Waals surface area contributed by atoms with Crippen molar-refractivity contribution < 1.29 is 23.8 Å². The van der Waals surface area contributed by atoms with E-state index in [2.05, 4.69) is 4.98 Å². The van der Waals surface area contributed by atoms with Gasteiger partial charge in [-0.1, -0.05) is 6.07 Å². The summed E-state index contributed by atoms with van der Waals surface area (Å²) < 4.78 is 15.5. The van der Waals surface area contributed by atoms with Crippen molar-refractivity contribution in [2.24, 2.45) is 0 Å². The summed E-state index contributed by atoms with van der Waals surface area (Å²) in [5.41, 5.74) is 0.621. The lowest BCUT2D eigenvalue weighted by Gasteiger charge is -2.14. The minimum Gasteiger partial charge on any atom is -0.493 e. The van der Waals surface area contributed by atoms with Gasteiger partial charge in [-0.05, 0) is 24.3 Å². The van der Waals surface area contributed by atoms with Crippen LogP contribution in [0.3, 0.4) is 0 Å². The molecule has 0 spiro atoms. The molecule has 1 heterocycles. The van der Waals surface area contributed by atoms with E-state index in [4.69, 9.17) is 14.2 Å². The lowest BCUT2D eigenvalue weighted by Crippen LogP contribution is -2.08. The second kappa shape index (κ2) is 6.71. The van der Waals surface area contributed by atoms with Gasteiger partial charge in [0.15, 0.2) is 11.5 Å². The van der Waals surface area contributed by atoms with Gasteiger partial charge in [-0.15, -0.1) is 0 Å². The van der Waals surface area contributed by atoms with Crippen molar-refractivity contribution in [3.63, 3.8) is 0 Å². The van der Waals surface area contributed by atoms with Crippen molar-refractivity contribution >= 4 is 11.8 Å². The van der Waals surface area contributed by atoms with Crippen molar-refractivity contribution in [2.75, 3.05) is 14.2 Å². The summed E-state index contributed by atoms with van der Waals surface area (Å²) >= 11 is 0. The van der Waals surface area contributed by atoms with Crippen LogP contribution in [0, 0.1) is 0 Å². The molecule has 6 nitrogen and oxygen atoms in total. The largest absolute Gasteiger partial charge is 0.493 e. The molecule has 6 heteroatoms. The fourth-order valence-corrected chi connectivity index (χ4v) is 1.90. The number of esters is 1. The molecule has 0 radical (unpaired) electrons. The quantitative estimate of drug-likeness (QED) is 0.479. The zero-order valence-electron chi connectivity index (χ0n) is 12.5. The molecule has 0 unspecified atom stereocenters. The zero-order chi connectivity index (χ0) is 16.1. The van der Waals surface area contributed by atoms with E-state index in [9.17, 15) is 9.59 Å². The number of ketones is 1. The minimum atomic E-state index is -0.514. The van der Waals surface area contributed by atoms with Gasteiger partial charge >= 0.3 is 5.97 Å². The Hall–Kier alpha value is -2.89. The number of methoxy groups -OCH3 is 2. The maximum absolute atomic E-state index is 12.4. The Kier molecular flexibility index (Phi) is 4.73. The van der Waals surface area contributed by atoms with Gasteiger partial charge in [0.1, 0.15) is 5.69 Å². The van der Waals surface area contributed by atoms with E-state index in [-0.39, 0.29) is 23.0 Å². The van der Waals surface area contributed by atoms with Gasteiger partial charge in [0.05, 0.1) is 14.2 Å². The third kappa shape index (κ3) is 3.22. The summed E-state index contributed by atoms with van der Waals surface area (Å²) in [6, 6.07) is 8.03. The standard InChI is InChI=1S/C16H15NO5/c1-10(18)22-16-13(20-2)8-11(9-14(16)21-3)15(19)12-6-4-5-7-17-12/h4-9H,1-3H3. The molecule has 2 aromatic rings. The van der Waals surface area contributed by atoms with Crippen LogP contribution in [0.5, 0.6) is 17.2 Å². The molecular weight excluding hydrogens is 286 g/mol. The smallest absolute Gasteiger partial charge is 0.308 e. The number of hydrogen-bond donors (Lipinski definition) is 0. The lowest BCUT2D eigenvalue weighted by molar-refractivity contribution is -0.132. The van der Waals surface area contributed by atoms with Crippen molar-refractivity contribution in [2.45, 2.75) is 6.92 Å². The molecule has 1 aromatic carbocycles. The van der Waals surface area contributed by atoms with Crippen LogP contribution in [0.25, 0.3) is 0 Å². The van der Waals surface area contributed by atoms with Gasteiger partial charge in [-0.3, -0.25) is 14.6 Å². The average Bonchev–Trinajstić information content (AvgIpc) is 2.54. The van der Waals surface area contributed by atoms with Crippen molar-refractivity contribution in [1.82, 2.24) is 4.98 Å². The molecular formula is C16H15NO5. The van der Waals surface area contributed by atoms with Gasteiger partial charge in [0.2, 0.25) is 11.5 Å². The third-order valence-electron chi connectivity index (χ3n) is 2.87. The number of benzene rings is 1. The number of ether oxygens (including phenoxy) is 3. The fourth-order valence-electron chi connectivity index (χ4n) is 1.90. The highest BCUT2D eigenvalue weighted by molar-refractivity contribution is 6.08. The molecule has 22 heavy (non-hydrogen) atoms. The average molecular weight is 301 g/mol. The summed E-state index contributed by atoms with van der Waals surface area (Å²) in [5, 5.41) is 0. The Morgan fingerprint density at radius 3 is 2.14 bits per heavy atom. The van der Waals surface area contributed by atoms with Crippen molar-refractivity contribution in [3.8, 4) is 17.2 Å². The monoisotopic (exact) mass is 301 g/mol. The van der Waals surface area contributed by atoms with Crippen molar-refractivity contribution in [1.29, 1.82) is 0 Å². The molecule has 0 atom stereocenters. The van der Waals surface area contributed by atoms with Crippen LogP contribution in [-0.2, 0) is 4.79 Å². The Balaban J connectivity index is 2.50. The first-order valence-electron chi connectivity index (χ1n) is 6.47. The molecule has 0 bridgehead atoms. The van der Waals surface area contributed by atoms with Crippen LogP contribution in [0.15, 0.2) is 36.5 Å². The van der Waals surface area contributed by atoms with Crippen LogP contribution >= 0.6 is 0 Å². The van der Waals surface area contributed by atoms with E-state index in [0.717, 1.165) is 0 Å². The first-order chi connectivity index (χ1) is 10.6. The second-order valence-electron chi connectivity index (χ2n) is 4.35. The van der Waals surface area contributed by atoms with Crippen LogP contribution in [0.4, 0.5) is 0 Å². The van der Waals surface area contributed by atoms with Gasteiger partial charge < -0.3 is 14.2 Å². The summed E-state index contributed by atoms with van der Waals surface area (Å²) in [5.74, 6) is -0.204. The van der Waals surface area contributed by atoms with Crippen LogP contribution in [-0.4, -0.2) is 31.0 Å². The summed E-state index contributed by atoms with van der Waals surface area (Å²) in [6.07, 6.45) is 1.54. The number of carbonyl (C=O) groups is 2. The number of carbonyl (C=O) groups excluding carboxylic acids is 2. The SMILES string of the molecule is COc1cc(C(=O)c2ccccn2)cc(OC)c1OC(C)=O. The molecule has 0 fully saturated rings. The Labute approximate surface area is 127 Å². The first-order valence-corrected chi connectivity index (χ1v) is 6.47. The van der Waals surface area contributed by atoms with Gasteiger partial charge in [-0.2, -0.15) is 0 Å². The van der Waals surface area contributed by atoms with Crippen LogP contribution < -0.4 is 14.2 Å². The summed E-state index contributed by atoms with van der Waals surface area (Å²) in [4.78, 5) is 27.6. The van der Waals surface area contributed by atoms with Crippen molar-refractivity contribution in [3.05, 3.63) is 47.8 Å². The molecule has 2 rings (SSSR count). The zero-order valence-corrected chi connectivity index (χ0v) is 12.5. The van der Waals surface area contributed by atoms with E-state index >= 15 is 0 Å². The normalized spacial score (nSPS) is 9.95. The van der Waals surface area contributed by atoms with E-state index < -0.39 is 5.97 Å². The summed E-state index contributed by atoms with van der Waals surface area (Å²) in [6.45, 7) is 1.27. The van der Waals surface area contributed by atoms with Gasteiger partial charge in [0, 0.05) is 18.7 Å². The maximum atomic E-state index is 12.4. The topological polar surface area (TPSA) is 74.7 Å². The highest BCUT2D eigenvalue weighted by atomic mass is 16.6. The minimum absolute atomic E-state index is 0.134. The second-order valence-corrected chi connectivity index (χ2v) is 4.35. The van der Waals surface area contributed by atoms with Gasteiger partial charge in [-0.25, -0.2) is 0 Å². The van der Waals surface area contributed by atoms with Gasteiger partial charge in [0.25, 0.3) is 0 Å². The highest BCUT2D eigenvalue weighted by Gasteiger charge is 2.20. The maximum Gasteiger partial charge on any atom is 0.308 e. The molecule has 0 saturated carbocycles. The van der Waals surface area contributed by atoms with E-state index in [1.54, 1.807) is 18.2 Å². The Bertz CT molecular complexity index is 672. The van der Waals surface area contributed by atoms with Crippen LogP contribution in [0.2, 0.25) is 0 Å². The van der Waals surface area contributed by atoms with E-state index in [1.807, 2.05) is 0 Å². The summed E-state index contributed by atoms with van der Waals surface area (Å²) in [7, 11) is 2.83. The molecule has 0 aliphatic rings. The first kappa shape index (κ1) is 15.5. The van der Waals surface area contributed by atoms with Crippen LogP contribution in [0.1, 0.15) is 23.0 Å². The molecule has 0 aliphatic carbocycles.